The predicted molar refractivity (Wildman–Crippen MR) is 105 cm³/mol. The Kier molecular flexibility index (Phi) is 5.45. The third-order valence-electron chi connectivity index (χ3n) is 5.18. The van der Waals surface area contributed by atoms with Gasteiger partial charge in [0.1, 0.15) is 0 Å². The molecular formula is C21H24N4O3. The molecule has 4 heterocycles. The zero-order valence-corrected chi connectivity index (χ0v) is 16.2. The summed E-state index contributed by atoms with van der Waals surface area (Å²) in [5.41, 5.74) is 2.41. The number of nitrogens with zero attached hydrogens (tertiary/aromatic N) is 4. The highest BCUT2D eigenvalue weighted by molar-refractivity contribution is 5.85. The number of aromatic nitrogens is 3. The van der Waals surface area contributed by atoms with Gasteiger partial charge in [-0.1, -0.05) is 0 Å². The molecule has 0 amide bonds. The number of carbonyl (C=O) groups is 1. The summed E-state index contributed by atoms with van der Waals surface area (Å²) in [7, 11) is 1.75. The molecule has 0 saturated carbocycles. The summed E-state index contributed by atoms with van der Waals surface area (Å²) in [5.74, 6) is 1.48. The molecular weight excluding hydrogens is 356 g/mol. The molecule has 1 aliphatic rings. The van der Waals surface area contributed by atoms with Crippen LogP contribution < -0.4 is 0 Å². The van der Waals surface area contributed by atoms with E-state index in [1.165, 1.54) is 0 Å². The molecule has 0 atom stereocenters. The maximum Gasteiger partial charge on any atom is 0.191 e. The zero-order chi connectivity index (χ0) is 19.5. The van der Waals surface area contributed by atoms with Crippen LogP contribution in [0.2, 0.25) is 0 Å². The third-order valence-corrected chi connectivity index (χ3v) is 5.18. The number of ether oxygens (including phenoxy) is 1. The molecule has 3 aromatic rings. The van der Waals surface area contributed by atoms with Gasteiger partial charge < -0.3 is 9.15 Å². The van der Waals surface area contributed by atoms with E-state index in [2.05, 4.69) is 19.9 Å². The Morgan fingerprint density at radius 2 is 2.00 bits per heavy atom. The number of piperidine rings is 1. The van der Waals surface area contributed by atoms with Gasteiger partial charge in [-0.3, -0.25) is 19.7 Å². The molecule has 0 bridgehead atoms. The number of ketones is 1. The van der Waals surface area contributed by atoms with Gasteiger partial charge >= 0.3 is 0 Å². The van der Waals surface area contributed by atoms with Crippen molar-refractivity contribution in [3.05, 3.63) is 42.3 Å². The Balaban J connectivity index is 1.44. The van der Waals surface area contributed by atoms with Crippen LogP contribution in [0.4, 0.5) is 0 Å². The van der Waals surface area contributed by atoms with Crippen LogP contribution in [0.5, 0.6) is 0 Å². The number of hydrogen-bond donors (Lipinski definition) is 0. The summed E-state index contributed by atoms with van der Waals surface area (Å²) in [5, 5.41) is 0.935. The lowest BCUT2D eigenvalue weighted by Crippen LogP contribution is -2.39. The van der Waals surface area contributed by atoms with Gasteiger partial charge in [-0.05, 0) is 25.0 Å². The normalized spacial score (nSPS) is 15.9. The Labute approximate surface area is 163 Å². The number of pyridine rings is 2. The van der Waals surface area contributed by atoms with Crippen molar-refractivity contribution in [2.75, 3.05) is 26.7 Å². The average Bonchev–Trinajstić information content (AvgIpc) is 3.14. The second-order valence-corrected chi connectivity index (χ2v) is 7.26. The number of methoxy groups -OCH3 is 1. The molecule has 0 spiro atoms. The lowest BCUT2D eigenvalue weighted by Gasteiger charge is -2.30. The predicted octanol–water partition coefficient (Wildman–Crippen LogP) is 2.82. The van der Waals surface area contributed by atoms with Gasteiger partial charge in [-0.15, -0.1) is 0 Å². The Morgan fingerprint density at radius 3 is 2.71 bits per heavy atom. The van der Waals surface area contributed by atoms with Crippen molar-refractivity contribution in [3.63, 3.8) is 0 Å². The molecule has 7 heteroatoms. The van der Waals surface area contributed by atoms with Crippen LogP contribution in [0.3, 0.4) is 0 Å². The highest BCUT2D eigenvalue weighted by Crippen LogP contribution is 2.23. The summed E-state index contributed by atoms with van der Waals surface area (Å²) in [6, 6.07) is 3.93. The summed E-state index contributed by atoms with van der Waals surface area (Å²) >= 11 is 0. The topological polar surface area (TPSA) is 81.4 Å². The summed E-state index contributed by atoms with van der Waals surface area (Å²) in [6.07, 6.45) is 7.77. The molecule has 146 valence electrons. The van der Waals surface area contributed by atoms with Gasteiger partial charge in [0.05, 0.1) is 37.0 Å². The van der Waals surface area contributed by atoms with E-state index < -0.39 is 0 Å². The molecule has 0 aromatic carbocycles. The first kappa shape index (κ1) is 18.7. The molecule has 0 N–H and O–H groups in total. The molecule has 4 rings (SSSR count). The first-order valence-corrected chi connectivity index (χ1v) is 9.55. The quantitative estimate of drug-likeness (QED) is 0.650. The number of rotatable bonds is 6. The van der Waals surface area contributed by atoms with Crippen molar-refractivity contribution in [1.29, 1.82) is 0 Å². The van der Waals surface area contributed by atoms with Gasteiger partial charge in [0, 0.05) is 50.0 Å². The smallest absolute Gasteiger partial charge is 0.191 e. The highest BCUT2D eigenvalue weighted by atomic mass is 16.5. The molecule has 1 aliphatic heterocycles. The Morgan fingerprint density at radius 1 is 1.18 bits per heavy atom. The van der Waals surface area contributed by atoms with Crippen LogP contribution in [0.1, 0.15) is 24.4 Å². The minimum atomic E-state index is 0.178. The minimum Gasteiger partial charge on any atom is -0.441 e. The van der Waals surface area contributed by atoms with Crippen LogP contribution in [-0.4, -0.2) is 58.5 Å². The summed E-state index contributed by atoms with van der Waals surface area (Å²) < 4.78 is 11.0. The molecule has 0 aliphatic carbocycles. The first-order chi connectivity index (χ1) is 13.6. The van der Waals surface area contributed by atoms with Crippen LogP contribution in [0, 0.1) is 6.92 Å². The van der Waals surface area contributed by atoms with E-state index in [1.807, 2.05) is 19.1 Å². The fourth-order valence-electron chi connectivity index (χ4n) is 3.61. The van der Waals surface area contributed by atoms with Gasteiger partial charge in [-0.25, -0.2) is 4.98 Å². The van der Waals surface area contributed by atoms with Crippen molar-refractivity contribution >= 4 is 16.7 Å². The third kappa shape index (κ3) is 4.26. The second-order valence-electron chi connectivity index (χ2n) is 7.26. The number of hydrogen-bond acceptors (Lipinski definition) is 7. The number of fused-ring (bicyclic) bond motifs is 1. The summed E-state index contributed by atoms with van der Waals surface area (Å²) in [4.78, 5) is 27.7. The van der Waals surface area contributed by atoms with Crippen molar-refractivity contribution in [2.45, 2.75) is 32.3 Å². The first-order valence-electron chi connectivity index (χ1n) is 9.55. The number of aryl methyl sites for hydroxylation is 1. The van der Waals surface area contributed by atoms with Crippen molar-refractivity contribution in [3.8, 4) is 11.3 Å². The average molecular weight is 380 g/mol. The van der Waals surface area contributed by atoms with E-state index in [4.69, 9.17) is 9.15 Å². The number of oxazole rings is 1. The van der Waals surface area contributed by atoms with Crippen molar-refractivity contribution < 1.29 is 13.9 Å². The van der Waals surface area contributed by atoms with Crippen LogP contribution in [0.15, 0.2) is 35.1 Å². The fourth-order valence-corrected chi connectivity index (χ4v) is 3.61. The molecule has 7 nitrogen and oxygen atoms in total. The van der Waals surface area contributed by atoms with Crippen LogP contribution in [0.25, 0.3) is 22.2 Å². The number of carbonyl (C=O) groups excluding carboxylic acids is 1. The van der Waals surface area contributed by atoms with Gasteiger partial charge in [0.2, 0.25) is 0 Å². The van der Waals surface area contributed by atoms with Crippen LogP contribution in [-0.2, 0) is 16.0 Å². The Bertz CT molecular complexity index is 977. The van der Waals surface area contributed by atoms with E-state index in [0.29, 0.717) is 30.7 Å². The molecule has 0 radical (unpaired) electrons. The SMILES string of the molecule is COC1CCN(CC(=O)Cc2cc3cc(-c4cnc(C)o4)cnc3cn2)CC1. The van der Waals surface area contributed by atoms with Gasteiger partial charge in [0.25, 0.3) is 0 Å². The monoisotopic (exact) mass is 380 g/mol. The van der Waals surface area contributed by atoms with Gasteiger partial charge in [0.15, 0.2) is 17.4 Å². The van der Waals surface area contributed by atoms with E-state index in [1.54, 1.807) is 25.7 Å². The molecule has 1 fully saturated rings. The minimum absolute atomic E-state index is 0.178. The number of likely N-dealkylation sites (tertiary alicyclic amines) is 1. The largest absolute Gasteiger partial charge is 0.441 e. The highest BCUT2D eigenvalue weighted by Gasteiger charge is 2.20. The molecule has 28 heavy (non-hydrogen) atoms. The van der Waals surface area contributed by atoms with E-state index in [9.17, 15) is 4.79 Å². The summed E-state index contributed by atoms with van der Waals surface area (Å²) in [6.45, 7) is 4.08. The Hall–Kier alpha value is -2.64. The molecule has 1 saturated heterocycles. The van der Waals surface area contributed by atoms with Crippen LogP contribution >= 0.6 is 0 Å². The zero-order valence-electron chi connectivity index (χ0n) is 16.2. The lowest BCUT2D eigenvalue weighted by atomic mass is 10.1. The lowest BCUT2D eigenvalue weighted by molar-refractivity contribution is -0.120. The second kappa shape index (κ2) is 8.16. The maximum atomic E-state index is 12.5. The number of Topliss-reactive ketones (excluding diaryl/α,β-unsaturated/α-hetero) is 1. The molecule has 0 unspecified atom stereocenters. The maximum absolute atomic E-state index is 12.5. The van der Waals surface area contributed by atoms with Crippen molar-refractivity contribution in [2.24, 2.45) is 0 Å². The van der Waals surface area contributed by atoms with E-state index >= 15 is 0 Å². The van der Waals surface area contributed by atoms with Gasteiger partial charge in [-0.2, -0.15) is 0 Å². The fraction of sp³-hybridized carbons (Fsp3) is 0.429. The molecule has 3 aromatic heterocycles. The van der Waals surface area contributed by atoms with E-state index in [0.717, 1.165) is 48.1 Å². The standard InChI is InChI=1S/C21H24N4O3/c1-14-22-12-21(28-14)16-7-15-8-17(23-11-20(15)24-10-16)9-18(26)13-25-5-3-19(27-2)4-6-25/h7-8,10-12,19H,3-6,9,13H2,1-2H3. The van der Waals surface area contributed by atoms with Crippen molar-refractivity contribution in [1.82, 2.24) is 19.9 Å². The van der Waals surface area contributed by atoms with E-state index in [-0.39, 0.29) is 5.78 Å².